The fraction of sp³-hybridized carbons (Fsp3) is 0.500. The summed E-state index contributed by atoms with van der Waals surface area (Å²) in [4.78, 5) is 15.0. The summed E-state index contributed by atoms with van der Waals surface area (Å²) in [6.07, 6.45) is 5.44. The molecule has 3 aliphatic heterocycles. The Morgan fingerprint density at radius 3 is 2.69 bits per heavy atom. The van der Waals surface area contributed by atoms with Crippen LogP contribution in [0.2, 0.25) is 0 Å². The third-order valence-corrected chi connectivity index (χ3v) is 7.93. The topological polar surface area (TPSA) is 84.7 Å². The normalized spacial score (nSPS) is 19.5. The minimum atomic E-state index is -3.58. The van der Waals surface area contributed by atoms with Crippen molar-refractivity contribution in [2.24, 2.45) is 0 Å². The number of hydrogen-bond acceptors (Lipinski definition) is 5. The molecule has 2 aromatic rings. The first-order valence-corrected chi connectivity index (χ1v) is 11.6. The summed E-state index contributed by atoms with van der Waals surface area (Å²) in [5.41, 5.74) is 2.61. The number of carbonyl (C=O) groups excluding carboxylic acids is 1. The third kappa shape index (κ3) is 3.22. The predicted molar refractivity (Wildman–Crippen MR) is 105 cm³/mol. The lowest BCUT2D eigenvalue weighted by Gasteiger charge is -2.34. The lowest BCUT2D eigenvalue weighted by Crippen LogP contribution is -2.50. The summed E-state index contributed by atoms with van der Waals surface area (Å²) in [6, 6.07) is 5.06. The van der Waals surface area contributed by atoms with E-state index >= 15 is 0 Å². The average molecular weight is 417 g/mol. The van der Waals surface area contributed by atoms with E-state index in [9.17, 15) is 13.2 Å². The number of sulfonamides is 1. The van der Waals surface area contributed by atoms with Crippen LogP contribution >= 0.6 is 0 Å². The largest absolute Gasteiger partial charge is 0.493 e. The number of aryl methyl sites for hydroxylation is 1. The molecular weight excluding hydrogens is 392 g/mol. The molecule has 0 aliphatic carbocycles. The summed E-state index contributed by atoms with van der Waals surface area (Å²) in [5, 5.41) is 4.35. The molecule has 1 saturated heterocycles. The van der Waals surface area contributed by atoms with E-state index in [4.69, 9.17) is 4.74 Å². The lowest BCUT2D eigenvalue weighted by molar-refractivity contribution is 0.0696. The van der Waals surface area contributed by atoms with E-state index in [-0.39, 0.29) is 5.91 Å². The first-order chi connectivity index (χ1) is 14.0. The number of carbonyl (C=O) groups is 1. The number of nitrogens with zero attached hydrogens (tertiary/aromatic N) is 4. The second kappa shape index (κ2) is 7.14. The maximum Gasteiger partial charge on any atom is 0.257 e. The van der Waals surface area contributed by atoms with Gasteiger partial charge in [-0.2, -0.15) is 9.40 Å². The maximum atomic E-state index is 13.1. The molecule has 0 unspecified atom stereocenters. The summed E-state index contributed by atoms with van der Waals surface area (Å²) in [7, 11) is -3.58. The zero-order valence-corrected chi connectivity index (χ0v) is 17.0. The molecule has 0 spiro atoms. The molecule has 0 atom stereocenters. The molecule has 29 heavy (non-hydrogen) atoms. The summed E-state index contributed by atoms with van der Waals surface area (Å²) >= 11 is 0. The van der Waals surface area contributed by atoms with Crippen molar-refractivity contribution >= 4 is 15.9 Å². The molecule has 1 fully saturated rings. The Morgan fingerprint density at radius 1 is 1.03 bits per heavy atom. The molecule has 0 N–H and O–H groups in total. The van der Waals surface area contributed by atoms with Crippen LogP contribution in [0.25, 0.3) is 0 Å². The molecular formula is C20H24N4O4S. The van der Waals surface area contributed by atoms with Crippen molar-refractivity contribution in [2.45, 2.75) is 37.1 Å². The minimum absolute atomic E-state index is 0.0418. The van der Waals surface area contributed by atoms with Crippen molar-refractivity contribution in [3.8, 4) is 5.75 Å². The smallest absolute Gasteiger partial charge is 0.257 e. The number of rotatable bonds is 3. The number of hydrogen-bond donors (Lipinski definition) is 0. The van der Waals surface area contributed by atoms with Crippen molar-refractivity contribution in [2.75, 3.05) is 32.8 Å². The number of fused-ring (bicyclic) bond motifs is 2. The molecule has 1 amide bonds. The Hall–Kier alpha value is -2.39. The third-order valence-electron chi connectivity index (χ3n) is 6.04. The molecule has 154 valence electrons. The van der Waals surface area contributed by atoms with Crippen LogP contribution in [0, 0.1) is 0 Å². The van der Waals surface area contributed by atoms with Crippen molar-refractivity contribution in [3.63, 3.8) is 0 Å². The molecule has 9 heteroatoms. The fourth-order valence-corrected chi connectivity index (χ4v) is 5.85. The molecule has 1 aromatic heterocycles. The molecule has 0 saturated carbocycles. The molecule has 8 nitrogen and oxygen atoms in total. The van der Waals surface area contributed by atoms with Gasteiger partial charge in [0.05, 0.1) is 29.0 Å². The first-order valence-electron chi connectivity index (χ1n) is 10.1. The predicted octanol–water partition coefficient (Wildman–Crippen LogP) is 1.30. The summed E-state index contributed by atoms with van der Waals surface area (Å²) < 4.78 is 35.0. The van der Waals surface area contributed by atoms with Gasteiger partial charge in [-0.05, 0) is 43.0 Å². The van der Waals surface area contributed by atoms with E-state index in [1.165, 1.54) is 4.31 Å². The Labute approximate surface area is 170 Å². The van der Waals surface area contributed by atoms with Gasteiger partial charge in [0.25, 0.3) is 5.91 Å². The van der Waals surface area contributed by atoms with Gasteiger partial charge >= 0.3 is 0 Å². The fourth-order valence-electron chi connectivity index (χ4n) is 4.37. The Bertz CT molecular complexity index is 1050. The summed E-state index contributed by atoms with van der Waals surface area (Å²) in [6.45, 7) is 2.82. The van der Waals surface area contributed by atoms with E-state index in [1.54, 1.807) is 29.3 Å². The molecule has 5 rings (SSSR count). The average Bonchev–Trinajstić information content (AvgIpc) is 3.39. The van der Waals surface area contributed by atoms with E-state index in [1.807, 2.05) is 4.68 Å². The summed E-state index contributed by atoms with van der Waals surface area (Å²) in [5.74, 6) is 0.726. The monoisotopic (exact) mass is 416 g/mol. The van der Waals surface area contributed by atoms with Gasteiger partial charge in [-0.1, -0.05) is 0 Å². The highest BCUT2D eigenvalue weighted by atomic mass is 32.2. The molecule has 0 bridgehead atoms. The van der Waals surface area contributed by atoms with Gasteiger partial charge in [-0.25, -0.2) is 8.42 Å². The van der Waals surface area contributed by atoms with Crippen LogP contribution in [0.4, 0.5) is 0 Å². The van der Waals surface area contributed by atoms with Crippen LogP contribution in [-0.4, -0.2) is 66.1 Å². The minimum Gasteiger partial charge on any atom is -0.493 e. The van der Waals surface area contributed by atoms with Crippen LogP contribution in [-0.2, 0) is 29.4 Å². The van der Waals surface area contributed by atoms with E-state index in [2.05, 4.69) is 5.10 Å². The molecule has 4 heterocycles. The highest BCUT2D eigenvalue weighted by molar-refractivity contribution is 7.89. The van der Waals surface area contributed by atoms with Crippen LogP contribution < -0.4 is 4.74 Å². The number of piperazine rings is 1. The zero-order chi connectivity index (χ0) is 20.0. The van der Waals surface area contributed by atoms with Gasteiger partial charge in [0.2, 0.25) is 10.0 Å². The Balaban J connectivity index is 1.29. The molecule has 1 aromatic carbocycles. The van der Waals surface area contributed by atoms with Gasteiger partial charge in [0.1, 0.15) is 5.75 Å². The second-order valence-corrected chi connectivity index (χ2v) is 9.69. The van der Waals surface area contributed by atoms with E-state index in [0.29, 0.717) is 43.2 Å². The second-order valence-electron chi connectivity index (χ2n) is 7.75. The van der Waals surface area contributed by atoms with Gasteiger partial charge in [-0.15, -0.1) is 0 Å². The number of amides is 1. The zero-order valence-electron chi connectivity index (χ0n) is 16.2. The van der Waals surface area contributed by atoms with Gasteiger partial charge in [0.15, 0.2) is 0 Å². The number of aromatic nitrogens is 2. The van der Waals surface area contributed by atoms with Crippen molar-refractivity contribution in [1.82, 2.24) is 19.0 Å². The maximum absolute atomic E-state index is 13.1. The highest BCUT2D eigenvalue weighted by Crippen LogP contribution is 2.29. The first kappa shape index (κ1) is 18.6. The van der Waals surface area contributed by atoms with Crippen LogP contribution in [0.3, 0.4) is 0 Å². The number of benzene rings is 1. The van der Waals surface area contributed by atoms with Crippen molar-refractivity contribution < 1.29 is 17.9 Å². The van der Waals surface area contributed by atoms with Gasteiger partial charge < -0.3 is 9.64 Å². The van der Waals surface area contributed by atoms with E-state index in [0.717, 1.165) is 49.2 Å². The SMILES string of the molecule is O=C(c1cnn2c1CCCC2)N1CCN(S(=O)(=O)c2ccc3c(c2)CCO3)CC1. The standard InChI is InChI=1S/C20H24N4O4S/c25-20(17-14-21-24-7-2-1-3-18(17)24)22-8-10-23(11-9-22)29(26,27)16-4-5-19-15(13-16)6-12-28-19/h4-5,13-14H,1-3,6-12H2. The van der Waals surface area contributed by atoms with Crippen molar-refractivity contribution in [3.05, 3.63) is 41.2 Å². The van der Waals surface area contributed by atoms with E-state index < -0.39 is 10.0 Å². The van der Waals surface area contributed by atoms with Crippen LogP contribution in [0.15, 0.2) is 29.3 Å². The number of ether oxygens (including phenoxy) is 1. The molecule has 3 aliphatic rings. The molecule has 0 radical (unpaired) electrons. The van der Waals surface area contributed by atoms with Crippen LogP contribution in [0.1, 0.15) is 34.5 Å². The van der Waals surface area contributed by atoms with Crippen molar-refractivity contribution in [1.29, 1.82) is 0 Å². The quantitative estimate of drug-likeness (QED) is 0.753. The van der Waals surface area contributed by atoms with Crippen LogP contribution in [0.5, 0.6) is 5.75 Å². The lowest BCUT2D eigenvalue weighted by atomic mass is 10.1. The highest BCUT2D eigenvalue weighted by Gasteiger charge is 2.32. The Morgan fingerprint density at radius 2 is 1.86 bits per heavy atom. The van der Waals surface area contributed by atoms with Gasteiger partial charge in [-0.3, -0.25) is 9.48 Å². The Kier molecular flexibility index (Phi) is 4.59. The van der Waals surface area contributed by atoms with Gasteiger partial charge in [0, 0.05) is 39.1 Å².